The lowest BCUT2D eigenvalue weighted by molar-refractivity contribution is -0.116. The average Bonchev–Trinajstić information content (AvgIpc) is 3.19. The molecule has 0 bridgehead atoms. The third kappa shape index (κ3) is 3.56. The topological polar surface area (TPSA) is 75.9 Å². The first-order chi connectivity index (χ1) is 10.3. The van der Waals surface area contributed by atoms with Crippen LogP contribution >= 0.6 is 0 Å². The van der Waals surface area contributed by atoms with Gasteiger partial charge in [-0.05, 0) is 25.0 Å². The number of aryl methyl sites for hydroxylation is 1. The number of rotatable bonds is 5. The summed E-state index contributed by atoms with van der Waals surface area (Å²) in [5.41, 5.74) is 0.724. The minimum Gasteiger partial charge on any atom is -0.357 e. The lowest BCUT2D eigenvalue weighted by Crippen LogP contribution is -2.19. The maximum Gasteiger partial charge on any atom is 0.226 e. The summed E-state index contributed by atoms with van der Waals surface area (Å²) in [6, 6.07) is 3.85. The Morgan fingerprint density at radius 3 is 2.81 bits per heavy atom. The van der Waals surface area contributed by atoms with E-state index in [2.05, 4.69) is 25.3 Å². The normalized spacial score (nSPS) is 14.4. The third-order valence-electron chi connectivity index (χ3n) is 3.50. The number of amides is 1. The van der Waals surface area contributed by atoms with Crippen LogP contribution in [0.3, 0.4) is 0 Å². The van der Waals surface area contributed by atoms with Gasteiger partial charge in [-0.15, -0.1) is 0 Å². The second kappa shape index (κ2) is 6.34. The van der Waals surface area contributed by atoms with Crippen LogP contribution in [-0.2, 0) is 11.3 Å². The van der Waals surface area contributed by atoms with Gasteiger partial charge in [-0.3, -0.25) is 9.48 Å². The average molecular weight is 286 g/mol. The number of nitrogens with zero attached hydrogens (tertiary/aromatic N) is 5. The van der Waals surface area contributed by atoms with Gasteiger partial charge < -0.3 is 10.2 Å². The quantitative estimate of drug-likeness (QED) is 0.896. The fraction of sp³-hybridized carbons (Fsp3) is 0.429. The fourth-order valence-electron chi connectivity index (χ4n) is 2.38. The van der Waals surface area contributed by atoms with Crippen molar-refractivity contribution in [2.45, 2.75) is 25.8 Å². The van der Waals surface area contributed by atoms with Crippen LogP contribution in [0, 0.1) is 0 Å². The van der Waals surface area contributed by atoms with Crippen molar-refractivity contribution >= 4 is 17.4 Å². The van der Waals surface area contributed by atoms with Gasteiger partial charge in [0.25, 0.3) is 0 Å². The van der Waals surface area contributed by atoms with Crippen LogP contribution in [-0.4, -0.2) is 38.7 Å². The molecule has 0 aliphatic carbocycles. The SMILES string of the molecule is O=C(CCn1cncn1)Nc1ccc(N2CCCC2)nc1. The summed E-state index contributed by atoms with van der Waals surface area (Å²) in [5.74, 6) is 0.925. The van der Waals surface area contributed by atoms with Gasteiger partial charge in [0.05, 0.1) is 18.4 Å². The van der Waals surface area contributed by atoms with Crippen molar-refractivity contribution in [3.8, 4) is 0 Å². The molecule has 7 heteroatoms. The molecule has 0 unspecified atom stereocenters. The van der Waals surface area contributed by atoms with Gasteiger partial charge in [0.2, 0.25) is 5.91 Å². The minimum atomic E-state index is -0.0544. The summed E-state index contributed by atoms with van der Waals surface area (Å²) >= 11 is 0. The Labute approximate surface area is 123 Å². The van der Waals surface area contributed by atoms with Gasteiger partial charge in [-0.1, -0.05) is 0 Å². The molecular formula is C14H18N6O. The second-order valence-corrected chi connectivity index (χ2v) is 5.06. The summed E-state index contributed by atoms with van der Waals surface area (Å²) in [5, 5.41) is 6.80. The Morgan fingerprint density at radius 1 is 1.29 bits per heavy atom. The van der Waals surface area contributed by atoms with E-state index in [1.54, 1.807) is 17.2 Å². The predicted octanol–water partition coefficient (Wildman–Crippen LogP) is 1.30. The molecule has 0 radical (unpaired) electrons. The number of anilines is 2. The van der Waals surface area contributed by atoms with Crippen molar-refractivity contribution in [2.24, 2.45) is 0 Å². The number of pyridine rings is 1. The van der Waals surface area contributed by atoms with E-state index >= 15 is 0 Å². The number of carbonyl (C=O) groups excluding carboxylic acids is 1. The van der Waals surface area contributed by atoms with Crippen LogP contribution in [0.2, 0.25) is 0 Å². The molecule has 0 atom stereocenters. The van der Waals surface area contributed by atoms with E-state index < -0.39 is 0 Å². The van der Waals surface area contributed by atoms with E-state index in [1.807, 2.05) is 12.1 Å². The van der Waals surface area contributed by atoms with Crippen molar-refractivity contribution in [3.05, 3.63) is 31.0 Å². The van der Waals surface area contributed by atoms with Gasteiger partial charge in [-0.2, -0.15) is 5.10 Å². The highest BCUT2D eigenvalue weighted by molar-refractivity contribution is 5.90. The number of carbonyl (C=O) groups is 1. The summed E-state index contributed by atoms with van der Waals surface area (Å²) in [7, 11) is 0. The Bertz CT molecular complexity index is 574. The highest BCUT2D eigenvalue weighted by Crippen LogP contribution is 2.19. The van der Waals surface area contributed by atoms with Crippen molar-refractivity contribution in [2.75, 3.05) is 23.3 Å². The van der Waals surface area contributed by atoms with E-state index in [0.717, 1.165) is 24.6 Å². The van der Waals surface area contributed by atoms with E-state index in [9.17, 15) is 4.79 Å². The molecule has 1 aliphatic heterocycles. The van der Waals surface area contributed by atoms with Crippen LogP contribution in [0.5, 0.6) is 0 Å². The van der Waals surface area contributed by atoms with E-state index in [0.29, 0.717) is 13.0 Å². The van der Waals surface area contributed by atoms with Crippen LogP contribution in [0.25, 0.3) is 0 Å². The molecule has 1 N–H and O–H groups in total. The molecule has 7 nitrogen and oxygen atoms in total. The van der Waals surface area contributed by atoms with Gasteiger partial charge in [-0.25, -0.2) is 9.97 Å². The first-order valence-corrected chi connectivity index (χ1v) is 7.14. The molecule has 1 fully saturated rings. The number of nitrogens with one attached hydrogen (secondary N) is 1. The minimum absolute atomic E-state index is 0.0544. The monoisotopic (exact) mass is 286 g/mol. The van der Waals surface area contributed by atoms with Crippen molar-refractivity contribution in [3.63, 3.8) is 0 Å². The van der Waals surface area contributed by atoms with Crippen LogP contribution in [0.4, 0.5) is 11.5 Å². The zero-order valence-electron chi connectivity index (χ0n) is 11.8. The second-order valence-electron chi connectivity index (χ2n) is 5.06. The zero-order valence-corrected chi connectivity index (χ0v) is 11.8. The summed E-state index contributed by atoms with van der Waals surface area (Å²) in [6.07, 6.45) is 7.57. The van der Waals surface area contributed by atoms with Gasteiger partial charge in [0, 0.05) is 19.5 Å². The number of hydrogen-bond acceptors (Lipinski definition) is 5. The molecule has 1 aliphatic rings. The molecule has 0 aromatic carbocycles. The summed E-state index contributed by atoms with van der Waals surface area (Å²) < 4.78 is 1.63. The largest absolute Gasteiger partial charge is 0.357 e. The smallest absolute Gasteiger partial charge is 0.226 e. The zero-order chi connectivity index (χ0) is 14.5. The fourth-order valence-corrected chi connectivity index (χ4v) is 2.38. The van der Waals surface area contributed by atoms with E-state index in [1.165, 1.54) is 19.2 Å². The maximum atomic E-state index is 11.8. The van der Waals surface area contributed by atoms with Crippen LogP contribution < -0.4 is 10.2 Å². The maximum absolute atomic E-state index is 11.8. The summed E-state index contributed by atoms with van der Waals surface area (Å²) in [4.78, 5) is 22.3. The lowest BCUT2D eigenvalue weighted by atomic mass is 10.3. The van der Waals surface area contributed by atoms with E-state index in [4.69, 9.17) is 0 Å². The molecule has 2 aromatic rings. The molecule has 1 saturated heterocycles. The predicted molar refractivity (Wildman–Crippen MR) is 79.0 cm³/mol. The lowest BCUT2D eigenvalue weighted by Gasteiger charge is -2.16. The summed E-state index contributed by atoms with van der Waals surface area (Å²) in [6.45, 7) is 2.65. The third-order valence-corrected chi connectivity index (χ3v) is 3.50. The van der Waals surface area contributed by atoms with Crippen LogP contribution in [0.1, 0.15) is 19.3 Å². The van der Waals surface area contributed by atoms with Crippen molar-refractivity contribution < 1.29 is 4.79 Å². The molecule has 3 rings (SSSR count). The Hall–Kier alpha value is -2.44. The molecule has 21 heavy (non-hydrogen) atoms. The molecule has 3 heterocycles. The molecule has 0 spiro atoms. The van der Waals surface area contributed by atoms with Crippen LogP contribution in [0.15, 0.2) is 31.0 Å². The number of aromatic nitrogens is 4. The Morgan fingerprint density at radius 2 is 2.14 bits per heavy atom. The van der Waals surface area contributed by atoms with Gasteiger partial charge in [0.1, 0.15) is 18.5 Å². The van der Waals surface area contributed by atoms with Crippen molar-refractivity contribution in [1.82, 2.24) is 19.7 Å². The molecule has 110 valence electrons. The molecule has 1 amide bonds. The molecule has 0 saturated carbocycles. The molecule has 2 aromatic heterocycles. The first kappa shape index (κ1) is 13.5. The highest BCUT2D eigenvalue weighted by atomic mass is 16.1. The number of hydrogen-bond donors (Lipinski definition) is 1. The first-order valence-electron chi connectivity index (χ1n) is 7.14. The Balaban J connectivity index is 1.51. The van der Waals surface area contributed by atoms with Gasteiger partial charge in [0.15, 0.2) is 0 Å². The molecular weight excluding hydrogens is 268 g/mol. The van der Waals surface area contributed by atoms with Gasteiger partial charge >= 0.3 is 0 Å². The van der Waals surface area contributed by atoms with E-state index in [-0.39, 0.29) is 5.91 Å². The Kier molecular flexibility index (Phi) is 4.09. The standard InChI is InChI=1S/C14H18N6O/c21-14(5-8-20-11-15-10-17-20)18-12-3-4-13(16-9-12)19-6-1-2-7-19/h3-4,9-11H,1-2,5-8H2,(H,18,21). The van der Waals surface area contributed by atoms with Crippen molar-refractivity contribution in [1.29, 1.82) is 0 Å². The highest BCUT2D eigenvalue weighted by Gasteiger charge is 2.13.